The molecular weight excluding hydrogens is 157 g/mol. The van der Waals surface area contributed by atoms with E-state index in [0.29, 0.717) is 0 Å². The van der Waals surface area contributed by atoms with Crippen molar-refractivity contribution in [1.82, 2.24) is 0 Å². The van der Waals surface area contributed by atoms with Crippen molar-refractivity contribution in [2.45, 2.75) is 0 Å². The maximum absolute atomic E-state index is 9.34. The highest BCUT2D eigenvalue weighted by atomic mass is 35.5. The summed E-state index contributed by atoms with van der Waals surface area (Å²) >= 11 is 4.21. The van der Waals surface area contributed by atoms with Gasteiger partial charge >= 0.3 is 7.82 Å². The van der Waals surface area contributed by atoms with E-state index in [-0.39, 0.29) is 17.4 Å². The summed E-state index contributed by atoms with van der Waals surface area (Å²) in [6, 6.07) is 0. The number of hydrogen-bond acceptors (Lipinski definition) is 2. The minimum Gasteiger partial charge on any atom is -0.302 e. The second-order valence-corrected chi connectivity index (χ2v) is 2.09. The van der Waals surface area contributed by atoms with E-state index in [2.05, 4.69) is 15.9 Å². The molecule has 0 aromatic heterocycles. The second-order valence-electron chi connectivity index (χ2n) is 0.560. The van der Waals surface area contributed by atoms with Gasteiger partial charge in [-0.05, 0) is 0 Å². The van der Waals surface area contributed by atoms with Crippen LogP contribution in [0, 0.1) is 0 Å². The molecule has 0 aromatic carbocycles. The van der Waals surface area contributed by atoms with Gasteiger partial charge in [0.1, 0.15) is 0 Å². The van der Waals surface area contributed by atoms with Crippen LogP contribution in [0.3, 0.4) is 0 Å². The molecule has 0 radical (unpaired) electrons. The molecule has 7 heteroatoms. The Bertz CT molecular complexity index is 75.8. The van der Waals surface area contributed by atoms with Crippen LogP contribution in [0.1, 0.15) is 0 Å². The molecular formula is H5AlClO4P. The Balaban J connectivity index is 0. The molecule has 0 amide bonds. The monoisotopic (exact) mass is 162 g/mol. The van der Waals surface area contributed by atoms with E-state index in [1.807, 2.05) is 0 Å². The maximum Gasteiger partial charge on any atom is 0.486 e. The summed E-state index contributed by atoms with van der Waals surface area (Å²) in [7, 11) is -4.38. The van der Waals surface area contributed by atoms with Gasteiger partial charge < -0.3 is 9.79 Å². The maximum atomic E-state index is 9.34. The molecule has 0 saturated carbocycles. The molecule has 0 unspecified atom stereocenters. The first kappa shape index (κ1) is 10.8. The summed E-state index contributed by atoms with van der Waals surface area (Å²) in [5.41, 5.74) is 0. The highest BCUT2D eigenvalue weighted by Crippen LogP contribution is 2.36. The van der Waals surface area contributed by atoms with Gasteiger partial charge in [0.15, 0.2) is 17.4 Å². The first-order chi connectivity index (χ1) is 2.56. The summed E-state index contributed by atoms with van der Waals surface area (Å²) in [6.45, 7) is 0. The van der Waals surface area contributed by atoms with Gasteiger partial charge in [0.05, 0.1) is 11.9 Å². The zero-order chi connectivity index (χ0) is 5.21. The third-order valence-electron chi connectivity index (χ3n) is 0.0899. The van der Waals surface area contributed by atoms with Crippen molar-refractivity contribution in [1.29, 1.82) is 0 Å². The summed E-state index contributed by atoms with van der Waals surface area (Å²) < 4.78 is 12.4. The van der Waals surface area contributed by atoms with Crippen molar-refractivity contribution in [2.24, 2.45) is 0 Å². The second kappa shape index (κ2) is 3.88. The average Bonchev–Trinajstić information content (AvgIpc) is 1.35. The van der Waals surface area contributed by atoms with Crippen molar-refractivity contribution in [3.8, 4) is 0 Å². The molecule has 7 heavy (non-hydrogen) atoms. The number of hydrogen-bond donors (Lipinski definition) is 2. The number of rotatable bonds is 1. The largest absolute Gasteiger partial charge is 0.486 e. The van der Waals surface area contributed by atoms with Crippen LogP contribution in [0.25, 0.3) is 0 Å². The minimum absolute atomic E-state index is 0. The van der Waals surface area contributed by atoms with E-state index in [1.165, 1.54) is 0 Å². The van der Waals surface area contributed by atoms with Crippen LogP contribution in [0.15, 0.2) is 0 Å². The van der Waals surface area contributed by atoms with Gasteiger partial charge in [0.25, 0.3) is 0 Å². The number of halogens is 1. The topological polar surface area (TPSA) is 66.8 Å². The fourth-order valence-corrected chi connectivity index (χ4v) is 0. The van der Waals surface area contributed by atoms with Crippen molar-refractivity contribution in [2.75, 3.05) is 0 Å². The normalized spacial score (nSPS) is 10.1. The molecule has 0 heterocycles. The lowest BCUT2D eigenvalue weighted by Gasteiger charge is -1.89. The van der Waals surface area contributed by atoms with Crippen molar-refractivity contribution in [3.63, 3.8) is 0 Å². The molecule has 0 saturated heterocycles. The lowest BCUT2D eigenvalue weighted by atomic mass is 15.8. The predicted molar refractivity (Wildman–Crippen MR) is 28.9 cm³/mol. The third kappa shape index (κ3) is 10.9. The summed E-state index contributed by atoms with van der Waals surface area (Å²) in [5, 5.41) is 0. The highest BCUT2D eigenvalue weighted by Gasteiger charge is 2.10. The Morgan fingerprint density at radius 1 is 1.57 bits per heavy atom. The SMILES string of the molecule is O=P(O)(O)OCl.[AlH3]. The van der Waals surface area contributed by atoms with Crippen LogP contribution in [0.4, 0.5) is 0 Å². The molecule has 0 aliphatic carbocycles. The molecule has 0 bridgehead atoms. The Morgan fingerprint density at radius 3 is 1.71 bits per heavy atom. The molecule has 44 valence electrons. The fraction of sp³-hybridized carbons (Fsp3) is 0. The lowest BCUT2D eigenvalue weighted by Crippen LogP contribution is -1.70. The van der Waals surface area contributed by atoms with Crippen molar-refractivity contribution < 1.29 is 18.4 Å². The Morgan fingerprint density at radius 2 is 1.71 bits per heavy atom. The molecule has 0 atom stereocenters. The first-order valence-electron chi connectivity index (χ1n) is 0.919. The van der Waals surface area contributed by atoms with E-state index in [1.54, 1.807) is 0 Å². The van der Waals surface area contributed by atoms with Gasteiger partial charge in [-0.15, -0.1) is 0 Å². The Labute approximate surface area is 56.0 Å². The van der Waals surface area contributed by atoms with E-state index in [4.69, 9.17) is 9.79 Å². The Kier molecular flexibility index (Phi) is 6.00. The van der Waals surface area contributed by atoms with Gasteiger partial charge in [-0.3, -0.25) is 0 Å². The average molecular weight is 162 g/mol. The highest BCUT2D eigenvalue weighted by molar-refractivity contribution is 7.47. The molecule has 0 spiro atoms. The van der Waals surface area contributed by atoms with E-state index >= 15 is 0 Å². The minimum atomic E-state index is -4.38. The van der Waals surface area contributed by atoms with Gasteiger partial charge in [0.2, 0.25) is 0 Å². The van der Waals surface area contributed by atoms with Gasteiger partial charge in [-0.2, -0.15) is 4.08 Å². The molecule has 2 N–H and O–H groups in total. The van der Waals surface area contributed by atoms with E-state index < -0.39 is 7.82 Å². The predicted octanol–water partition coefficient (Wildman–Crippen LogP) is -0.934. The summed E-state index contributed by atoms with van der Waals surface area (Å²) in [6.07, 6.45) is 0. The van der Waals surface area contributed by atoms with Crippen molar-refractivity contribution in [3.05, 3.63) is 0 Å². The van der Waals surface area contributed by atoms with E-state index in [9.17, 15) is 4.57 Å². The van der Waals surface area contributed by atoms with Crippen LogP contribution >= 0.6 is 19.7 Å². The zero-order valence-corrected chi connectivity index (χ0v) is 4.19. The Hall–Kier alpha value is 0.932. The molecule has 0 fully saturated rings. The number of phosphoric acid groups is 1. The molecule has 4 nitrogen and oxygen atoms in total. The van der Waals surface area contributed by atoms with Crippen molar-refractivity contribution >= 4 is 37.0 Å². The zero-order valence-electron chi connectivity index (χ0n) is 2.54. The standard InChI is InChI=1S/Al.ClH2O4P.3H/c;1-5-6(2,3)4;;;/h;(H2,2,3,4);;;. The van der Waals surface area contributed by atoms with Crippen LogP contribution in [-0.4, -0.2) is 27.1 Å². The molecule has 0 aliphatic rings. The van der Waals surface area contributed by atoms with Gasteiger partial charge in [-0.25, -0.2) is 4.57 Å². The lowest BCUT2D eigenvalue weighted by molar-refractivity contribution is 0.292. The molecule has 0 rings (SSSR count). The summed E-state index contributed by atoms with van der Waals surface area (Å²) in [4.78, 5) is 15.2. The smallest absolute Gasteiger partial charge is 0.302 e. The first-order valence-corrected chi connectivity index (χ1v) is 2.76. The molecule has 0 aliphatic heterocycles. The van der Waals surface area contributed by atoms with Crippen LogP contribution in [0.5, 0.6) is 0 Å². The fourth-order valence-electron chi connectivity index (χ4n) is 0. The molecule has 0 aromatic rings. The van der Waals surface area contributed by atoms with Crippen LogP contribution in [0.2, 0.25) is 0 Å². The van der Waals surface area contributed by atoms with Gasteiger partial charge in [0, 0.05) is 0 Å². The van der Waals surface area contributed by atoms with Crippen LogP contribution in [-0.2, 0) is 8.64 Å². The quantitative estimate of drug-likeness (QED) is 0.386. The third-order valence-corrected chi connectivity index (χ3v) is 0.809. The van der Waals surface area contributed by atoms with Crippen LogP contribution < -0.4 is 0 Å². The van der Waals surface area contributed by atoms with Gasteiger partial charge in [-0.1, -0.05) is 0 Å². The summed E-state index contributed by atoms with van der Waals surface area (Å²) in [5.74, 6) is 0. The van der Waals surface area contributed by atoms with E-state index in [0.717, 1.165) is 0 Å².